The van der Waals surface area contributed by atoms with E-state index in [4.69, 9.17) is 16.3 Å². The van der Waals surface area contributed by atoms with Crippen molar-refractivity contribution >= 4 is 23.4 Å². The van der Waals surface area contributed by atoms with Crippen molar-refractivity contribution in [3.05, 3.63) is 34.6 Å². The summed E-state index contributed by atoms with van der Waals surface area (Å²) in [6.07, 6.45) is 1.10. The van der Waals surface area contributed by atoms with Gasteiger partial charge in [0.25, 0.3) is 5.91 Å². The molecule has 1 heterocycles. The van der Waals surface area contributed by atoms with Gasteiger partial charge >= 0.3 is 0 Å². The van der Waals surface area contributed by atoms with Gasteiger partial charge in [-0.3, -0.25) is 9.59 Å². The lowest BCUT2D eigenvalue weighted by Gasteiger charge is -2.31. The molecule has 5 nitrogen and oxygen atoms in total. The van der Waals surface area contributed by atoms with E-state index >= 15 is 0 Å². The van der Waals surface area contributed by atoms with Crippen LogP contribution < -0.4 is 5.32 Å². The Hall–Kier alpha value is -1.66. The first-order valence-corrected chi connectivity index (χ1v) is 7.92. The summed E-state index contributed by atoms with van der Waals surface area (Å²) >= 11 is 5.93. The van der Waals surface area contributed by atoms with E-state index in [0.29, 0.717) is 39.1 Å². The molecule has 0 saturated carbocycles. The molecular formula is C16H20ClFN2O3. The summed E-state index contributed by atoms with van der Waals surface area (Å²) < 4.78 is 18.7. The van der Waals surface area contributed by atoms with E-state index in [1.807, 2.05) is 0 Å². The molecule has 0 aliphatic carbocycles. The number of halogens is 2. The first-order chi connectivity index (χ1) is 11.0. The summed E-state index contributed by atoms with van der Waals surface area (Å²) in [4.78, 5) is 25.9. The number of benzene rings is 1. The highest BCUT2D eigenvalue weighted by Gasteiger charge is 2.29. The van der Waals surface area contributed by atoms with Crippen LogP contribution in [0, 0.1) is 11.7 Å². The fourth-order valence-electron chi connectivity index (χ4n) is 2.63. The van der Waals surface area contributed by atoms with E-state index in [2.05, 4.69) is 5.32 Å². The first kappa shape index (κ1) is 17.7. The average Bonchev–Trinajstić information content (AvgIpc) is 2.55. The number of rotatable bonds is 5. The summed E-state index contributed by atoms with van der Waals surface area (Å²) in [5.74, 6) is -1.21. The summed E-state index contributed by atoms with van der Waals surface area (Å²) in [7, 11) is 1.57. The molecule has 1 fully saturated rings. The number of nitrogens with one attached hydrogen (secondary N) is 1. The van der Waals surface area contributed by atoms with Crippen molar-refractivity contribution in [3.63, 3.8) is 0 Å². The third-order valence-electron chi connectivity index (χ3n) is 3.94. The largest absolute Gasteiger partial charge is 0.383 e. The minimum absolute atomic E-state index is 0.0296. The van der Waals surface area contributed by atoms with E-state index in [1.54, 1.807) is 12.0 Å². The van der Waals surface area contributed by atoms with E-state index < -0.39 is 11.7 Å². The highest BCUT2D eigenvalue weighted by Crippen LogP contribution is 2.24. The van der Waals surface area contributed by atoms with Gasteiger partial charge in [0, 0.05) is 32.7 Å². The van der Waals surface area contributed by atoms with Crippen LogP contribution >= 0.6 is 11.6 Å². The van der Waals surface area contributed by atoms with Crippen LogP contribution in [0.25, 0.3) is 0 Å². The standard InChI is InChI=1S/C16H20ClFN2O3/c1-23-10-7-19-15(21)11-5-8-20(9-6-11)16(22)14-12(17)3-2-4-13(14)18/h2-4,11H,5-10H2,1H3,(H,19,21). The van der Waals surface area contributed by atoms with Crippen molar-refractivity contribution in [3.8, 4) is 0 Å². The second kappa shape index (κ2) is 8.26. The number of carbonyl (C=O) groups is 2. The lowest BCUT2D eigenvalue weighted by molar-refractivity contribution is -0.126. The lowest BCUT2D eigenvalue weighted by atomic mass is 9.95. The van der Waals surface area contributed by atoms with Crippen LogP contribution in [0.15, 0.2) is 18.2 Å². The van der Waals surface area contributed by atoms with Crippen LogP contribution in [0.1, 0.15) is 23.2 Å². The maximum absolute atomic E-state index is 13.8. The third kappa shape index (κ3) is 4.42. The van der Waals surface area contributed by atoms with Crippen LogP contribution in [-0.4, -0.2) is 50.1 Å². The summed E-state index contributed by atoms with van der Waals surface area (Å²) in [6.45, 7) is 1.76. The Bertz CT molecular complexity index is 554. The van der Waals surface area contributed by atoms with Crippen LogP contribution in [0.2, 0.25) is 5.02 Å². The SMILES string of the molecule is COCCNC(=O)C1CCN(C(=O)c2c(F)cccc2Cl)CC1. The highest BCUT2D eigenvalue weighted by atomic mass is 35.5. The Morgan fingerprint density at radius 2 is 2.09 bits per heavy atom. The van der Waals surface area contributed by atoms with Gasteiger partial charge in [-0.2, -0.15) is 0 Å². The zero-order chi connectivity index (χ0) is 16.8. The van der Waals surface area contributed by atoms with Crippen LogP contribution in [-0.2, 0) is 9.53 Å². The number of hydrogen-bond donors (Lipinski definition) is 1. The molecule has 7 heteroatoms. The van der Waals surface area contributed by atoms with Gasteiger partial charge in [0.2, 0.25) is 5.91 Å². The molecule has 0 radical (unpaired) electrons. The summed E-state index contributed by atoms with van der Waals surface area (Å²) in [5.41, 5.74) is -0.0998. The third-order valence-corrected chi connectivity index (χ3v) is 4.25. The number of piperidine rings is 1. The van der Waals surface area contributed by atoms with Crippen molar-refractivity contribution in [2.24, 2.45) is 5.92 Å². The van der Waals surface area contributed by atoms with Crippen LogP contribution in [0.5, 0.6) is 0 Å². The second-order valence-corrected chi connectivity index (χ2v) is 5.85. The molecule has 126 valence electrons. The quantitative estimate of drug-likeness (QED) is 0.834. The molecule has 1 N–H and O–H groups in total. The zero-order valence-electron chi connectivity index (χ0n) is 13.0. The van der Waals surface area contributed by atoms with Gasteiger partial charge in [-0.1, -0.05) is 17.7 Å². The van der Waals surface area contributed by atoms with Gasteiger partial charge < -0.3 is 15.0 Å². The van der Waals surface area contributed by atoms with Crippen molar-refractivity contribution in [1.29, 1.82) is 0 Å². The molecule has 23 heavy (non-hydrogen) atoms. The Morgan fingerprint density at radius 1 is 1.39 bits per heavy atom. The van der Waals surface area contributed by atoms with Gasteiger partial charge in [0.15, 0.2) is 0 Å². The molecular weight excluding hydrogens is 323 g/mol. The number of likely N-dealkylation sites (tertiary alicyclic amines) is 1. The Labute approximate surface area is 139 Å². The molecule has 0 aromatic heterocycles. The molecule has 1 saturated heterocycles. The fraction of sp³-hybridized carbons (Fsp3) is 0.500. The first-order valence-electron chi connectivity index (χ1n) is 7.54. The smallest absolute Gasteiger partial charge is 0.258 e. The Balaban J connectivity index is 1.91. The van der Waals surface area contributed by atoms with Crippen molar-refractivity contribution in [2.45, 2.75) is 12.8 Å². The minimum Gasteiger partial charge on any atom is -0.383 e. The van der Waals surface area contributed by atoms with E-state index in [0.717, 1.165) is 0 Å². The van der Waals surface area contributed by atoms with Crippen LogP contribution in [0.4, 0.5) is 4.39 Å². The number of nitrogens with zero attached hydrogens (tertiary/aromatic N) is 1. The number of hydrogen-bond acceptors (Lipinski definition) is 3. The number of carbonyl (C=O) groups excluding carboxylic acids is 2. The normalized spacial score (nSPS) is 15.5. The molecule has 0 bridgehead atoms. The Kier molecular flexibility index (Phi) is 6.36. The molecule has 1 aliphatic rings. The van der Waals surface area contributed by atoms with Gasteiger partial charge in [-0.05, 0) is 25.0 Å². The predicted octanol–water partition coefficient (Wildman–Crippen LogP) is 2.09. The van der Waals surface area contributed by atoms with Crippen LogP contribution in [0.3, 0.4) is 0 Å². The second-order valence-electron chi connectivity index (χ2n) is 5.45. The topological polar surface area (TPSA) is 58.6 Å². The van der Waals surface area contributed by atoms with Gasteiger partial charge in [-0.25, -0.2) is 4.39 Å². The van der Waals surface area contributed by atoms with Gasteiger partial charge in [0.1, 0.15) is 5.82 Å². The fourth-order valence-corrected chi connectivity index (χ4v) is 2.87. The number of amides is 2. The van der Waals surface area contributed by atoms with Gasteiger partial charge in [0.05, 0.1) is 17.2 Å². The summed E-state index contributed by atoms with van der Waals surface area (Å²) in [6, 6.07) is 4.17. The monoisotopic (exact) mass is 342 g/mol. The summed E-state index contributed by atoms with van der Waals surface area (Å²) in [5, 5.41) is 2.90. The molecule has 0 unspecified atom stereocenters. The number of methoxy groups -OCH3 is 1. The molecule has 1 aliphatic heterocycles. The molecule has 0 spiro atoms. The van der Waals surface area contributed by atoms with Crippen molar-refractivity contribution in [1.82, 2.24) is 10.2 Å². The van der Waals surface area contributed by atoms with Gasteiger partial charge in [-0.15, -0.1) is 0 Å². The minimum atomic E-state index is -0.623. The zero-order valence-corrected chi connectivity index (χ0v) is 13.7. The van der Waals surface area contributed by atoms with E-state index in [1.165, 1.54) is 18.2 Å². The van der Waals surface area contributed by atoms with Crippen molar-refractivity contribution in [2.75, 3.05) is 33.4 Å². The lowest BCUT2D eigenvalue weighted by Crippen LogP contribution is -2.43. The predicted molar refractivity (Wildman–Crippen MR) is 84.9 cm³/mol. The average molecular weight is 343 g/mol. The highest BCUT2D eigenvalue weighted by molar-refractivity contribution is 6.33. The Morgan fingerprint density at radius 3 is 2.70 bits per heavy atom. The molecule has 2 rings (SSSR count). The molecule has 1 aromatic rings. The maximum Gasteiger partial charge on any atom is 0.258 e. The maximum atomic E-state index is 13.8. The molecule has 1 aromatic carbocycles. The molecule has 2 amide bonds. The van der Waals surface area contributed by atoms with E-state index in [9.17, 15) is 14.0 Å². The molecule has 0 atom stereocenters. The number of ether oxygens (including phenoxy) is 1. The van der Waals surface area contributed by atoms with E-state index in [-0.39, 0.29) is 22.4 Å². The van der Waals surface area contributed by atoms with Crippen molar-refractivity contribution < 1.29 is 18.7 Å².